The topological polar surface area (TPSA) is 118 Å². The second-order valence-corrected chi connectivity index (χ2v) is 10.0. The molecule has 2 aromatic carbocycles. The van der Waals surface area contributed by atoms with Crippen molar-refractivity contribution in [3.63, 3.8) is 0 Å². The lowest BCUT2D eigenvalue weighted by Crippen LogP contribution is -2.34. The van der Waals surface area contributed by atoms with Crippen LogP contribution in [0.4, 0.5) is 10.8 Å². The van der Waals surface area contributed by atoms with Gasteiger partial charge in [0.25, 0.3) is 0 Å². The lowest BCUT2D eigenvalue weighted by Gasteiger charge is -2.24. The van der Waals surface area contributed by atoms with Crippen LogP contribution in [-0.4, -0.2) is 40.2 Å². The Kier molecular flexibility index (Phi) is 8.04. The molecule has 10 heteroatoms. The van der Waals surface area contributed by atoms with Crippen molar-refractivity contribution >= 4 is 61.9 Å². The molecule has 0 fully saturated rings. The number of rotatable bonds is 9. The molecule has 3 aromatic rings. The van der Waals surface area contributed by atoms with Crippen molar-refractivity contribution in [1.82, 2.24) is 4.98 Å². The number of carboxylic acids is 1. The molecule has 1 aromatic heterocycles. The number of nitrogens with zero attached hydrogens (tertiary/aromatic N) is 1. The molecule has 0 saturated heterocycles. The van der Waals surface area contributed by atoms with Crippen LogP contribution in [0.15, 0.2) is 59.5 Å². The smallest absolute Gasteiger partial charge is 0.307 e. The van der Waals surface area contributed by atoms with Crippen LogP contribution in [0.2, 0.25) is 0 Å². The first-order valence-corrected chi connectivity index (χ1v) is 13.0. The maximum absolute atomic E-state index is 12.6. The van der Waals surface area contributed by atoms with Crippen LogP contribution < -0.4 is 15.4 Å². The lowest BCUT2D eigenvalue weighted by atomic mass is 9.82. The molecule has 0 aliphatic heterocycles. The molecule has 0 spiro atoms. The van der Waals surface area contributed by atoms with Crippen LogP contribution in [0, 0.1) is 11.8 Å². The first-order valence-electron chi connectivity index (χ1n) is 11.2. The molecule has 2 unspecified atom stereocenters. The van der Waals surface area contributed by atoms with Gasteiger partial charge in [-0.3, -0.25) is 14.4 Å². The molecule has 3 N–H and O–H groups in total. The number of allylic oxidation sites excluding steroid dienone is 2. The van der Waals surface area contributed by atoms with Crippen LogP contribution in [0.5, 0.6) is 5.75 Å². The zero-order chi connectivity index (χ0) is 24.8. The van der Waals surface area contributed by atoms with Gasteiger partial charge in [0.1, 0.15) is 5.75 Å². The molecule has 2 amide bonds. The number of aromatic nitrogens is 1. The number of anilines is 2. The molecule has 1 aliphatic carbocycles. The van der Waals surface area contributed by atoms with E-state index in [-0.39, 0.29) is 17.6 Å². The van der Waals surface area contributed by atoms with E-state index in [0.29, 0.717) is 30.3 Å². The molecule has 0 saturated carbocycles. The number of ether oxygens (including phenoxy) is 1. The lowest BCUT2D eigenvalue weighted by molar-refractivity contribution is -0.146. The summed E-state index contributed by atoms with van der Waals surface area (Å²) in [5.41, 5.74) is 1.39. The minimum Gasteiger partial charge on any atom is -0.494 e. The van der Waals surface area contributed by atoms with E-state index in [1.807, 2.05) is 43.3 Å². The Morgan fingerprint density at radius 2 is 1.83 bits per heavy atom. The van der Waals surface area contributed by atoms with Gasteiger partial charge in [-0.25, -0.2) is 4.98 Å². The molecule has 2 atom stereocenters. The quantitative estimate of drug-likeness (QED) is 0.272. The molecule has 1 aliphatic rings. The first kappa shape index (κ1) is 24.7. The number of benzene rings is 2. The predicted molar refractivity (Wildman–Crippen MR) is 138 cm³/mol. The third-order valence-electron chi connectivity index (χ3n) is 5.50. The fourth-order valence-corrected chi connectivity index (χ4v) is 5.37. The van der Waals surface area contributed by atoms with Gasteiger partial charge in [0.2, 0.25) is 11.8 Å². The molecule has 35 heavy (non-hydrogen) atoms. The number of carbonyl (C=O) groups is 3. The first-order chi connectivity index (χ1) is 16.9. The third-order valence-corrected chi connectivity index (χ3v) is 7.44. The van der Waals surface area contributed by atoms with E-state index in [1.54, 1.807) is 18.2 Å². The Hall–Kier alpha value is -3.37. The summed E-state index contributed by atoms with van der Waals surface area (Å²) in [6.07, 6.45) is 4.42. The second-order valence-electron chi connectivity index (χ2n) is 7.93. The van der Waals surface area contributed by atoms with Crippen molar-refractivity contribution in [2.45, 2.75) is 24.7 Å². The van der Waals surface area contributed by atoms with Gasteiger partial charge in [0.05, 0.1) is 34.4 Å². The van der Waals surface area contributed by atoms with E-state index >= 15 is 0 Å². The molecular formula is C25H25N3O5S2. The van der Waals surface area contributed by atoms with Gasteiger partial charge in [-0.1, -0.05) is 23.5 Å². The summed E-state index contributed by atoms with van der Waals surface area (Å²) in [4.78, 5) is 41.7. The summed E-state index contributed by atoms with van der Waals surface area (Å²) in [6, 6.07) is 12.8. The van der Waals surface area contributed by atoms with Gasteiger partial charge in [0, 0.05) is 10.6 Å². The van der Waals surface area contributed by atoms with Gasteiger partial charge < -0.3 is 20.5 Å². The van der Waals surface area contributed by atoms with E-state index < -0.39 is 17.8 Å². The fraction of sp³-hybridized carbons (Fsp3) is 0.280. The van der Waals surface area contributed by atoms with Gasteiger partial charge in [0.15, 0.2) is 5.13 Å². The maximum Gasteiger partial charge on any atom is 0.307 e. The normalized spacial score (nSPS) is 17.2. The Labute approximate surface area is 210 Å². The summed E-state index contributed by atoms with van der Waals surface area (Å²) in [5.74, 6) is -1.75. The Morgan fingerprint density at radius 3 is 2.54 bits per heavy atom. The van der Waals surface area contributed by atoms with Crippen LogP contribution in [-0.2, 0) is 14.4 Å². The van der Waals surface area contributed by atoms with Gasteiger partial charge in [-0.05, 0) is 62.2 Å². The van der Waals surface area contributed by atoms with E-state index in [2.05, 4.69) is 15.6 Å². The zero-order valence-electron chi connectivity index (χ0n) is 19.0. The van der Waals surface area contributed by atoms with Crippen molar-refractivity contribution in [1.29, 1.82) is 0 Å². The predicted octanol–water partition coefficient (Wildman–Crippen LogP) is 5.03. The number of thiazole rings is 1. The summed E-state index contributed by atoms with van der Waals surface area (Å²) in [6.45, 7) is 2.51. The number of fused-ring (bicyclic) bond motifs is 1. The summed E-state index contributed by atoms with van der Waals surface area (Å²) in [7, 11) is 0. The Morgan fingerprint density at radius 1 is 1.09 bits per heavy atom. The largest absolute Gasteiger partial charge is 0.494 e. The average Bonchev–Trinajstić information content (AvgIpc) is 3.25. The standard InChI is InChI=1S/C25H25N3O5S2/c1-2-33-16-9-12-20-21(13-16)35-25(27-20)28-22(29)14-34-17-10-7-15(8-11-17)26-23(30)18-5-3-4-6-19(18)24(31)32/h3-4,7-13,18-19H,2,5-6,14H2,1H3,(H,26,30)(H,31,32)(H,27,28,29). The number of thioether (sulfide) groups is 1. The van der Waals surface area contributed by atoms with Gasteiger partial charge in [-0.2, -0.15) is 0 Å². The highest BCUT2D eigenvalue weighted by atomic mass is 32.2. The molecule has 4 rings (SSSR count). The molecule has 0 bridgehead atoms. The van der Waals surface area contributed by atoms with Gasteiger partial charge in [-0.15, -0.1) is 11.8 Å². The summed E-state index contributed by atoms with van der Waals surface area (Å²) < 4.78 is 6.45. The van der Waals surface area contributed by atoms with E-state index in [4.69, 9.17) is 4.74 Å². The number of hydrogen-bond acceptors (Lipinski definition) is 7. The molecule has 8 nitrogen and oxygen atoms in total. The SMILES string of the molecule is CCOc1ccc2nc(NC(=O)CSc3ccc(NC(=O)C4CC=CCC4C(=O)O)cc3)sc2c1. The zero-order valence-corrected chi connectivity index (χ0v) is 20.7. The summed E-state index contributed by atoms with van der Waals surface area (Å²) >= 11 is 2.76. The Balaban J connectivity index is 1.28. The van der Waals surface area contributed by atoms with E-state index in [9.17, 15) is 19.5 Å². The van der Waals surface area contributed by atoms with Crippen LogP contribution >= 0.6 is 23.1 Å². The third kappa shape index (κ3) is 6.40. The fourth-order valence-electron chi connectivity index (χ4n) is 3.77. The van der Waals surface area contributed by atoms with Crippen molar-refractivity contribution in [3.05, 3.63) is 54.6 Å². The van der Waals surface area contributed by atoms with Crippen molar-refractivity contribution in [3.8, 4) is 5.75 Å². The minimum atomic E-state index is -0.958. The highest BCUT2D eigenvalue weighted by Crippen LogP contribution is 2.30. The molecule has 0 radical (unpaired) electrons. The number of carbonyl (C=O) groups excluding carboxylic acids is 2. The van der Waals surface area contributed by atoms with Crippen molar-refractivity contribution < 1.29 is 24.2 Å². The summed E-state index contributed by atoms with van der Waals surface area (Å²) in [5, 5.41) is 15.5. The Bertz CT molecular complexity index is 1260. The number of amides is 2. The monoisotopic (exact) mass is 511 g/mol. The molecule has 182 valence electrons. The number of carboxylic acid groups (broad SMARTS) is 1. The average molecular weight is 512 g/mol. The van der Waals surface area contributed by atoms with Crippen LogP contribution in [0.25, 0.3) is 10.2 Å². The van der Waals surface area contributed by atoms with Crippen molar-refractivity contribution in [2.75, 3.05) is 23.0 Å². The van der Waals surface area contributed by atoms with Crippen molar-refractivity contribution in [2.24, 2.45) is 11.8 Å². The van der Waals surface area contributed by atoms with E-state index in [0.717, 1.165) is 20.9 Å². The number of aliphatic carboxylic acids is 1. The maximum atomic E-state index is 12.6. The highest BCUT2D eigenvalue weighted by molar-refractivity contribution is 8.00. The second kappa shape index (κ2) is 11.4. The number of hydrogen-bond donors (Lipinski definition) is 3. The van der Waals surface area contributed by atoms with Crippen LogP contribution in [0.1, 0.15) is 19.8 Å². The van der Waals surface area contributed by atoms with E-state index in [1.165, 1.54) is 23.1 Å². The minimum absolute atomic E-state index is 0.165. The number of nitrogens with one attached hydrogen (secondary N) is 2. The van der Waals surface area contributed by atoms with Gasteiger partial charge >= 0.3 is 5.97 Å². The highest BCUT2D eigenvalue weighted by Gasteiger charge is 2.33. The molecule has 1 heterocycles. The van der Waals surface area contributed by atoms with Crippen LogP contribution in [0.3, 0.4) is 0 Å². The molecular weight excluding hydrogens is 486 g/mol.